The van der Waals surface area contributed by atoms with Crippen LogP contribution in [-0.2, 0) is 6.54 Å². The van der Waals surface area contributed by atoms with Gasteiger partial charge in [0, 0.05) is 30.9 Å². The second-order valence-corrected chi connectivity index (χ2v) is 5.87. The minimum absolute atomic E-state index is 0.455. The highest BCUT2D eigenvalue weighted by Gasteiger charge is 2.19. The number of nitrogens with zero attached hydrogens (tertiary/aromatic N) is 3. The number of aromatic nitrogens is 3. The molecule has 5 heteroatoms. The predicted octanol–water partition coefficient (Wildman–Crippen LogP) is 4.18. The number of pyridine rings is 1. The van der Waals surface area contributed by atoms with Gasteiger partial charge in [-0.3, -0.25) is 4.98 Å². The Kier molecular flexibility index (Phi) is 4.65. The number of hydrogen-bond acceptors (Lipinski definition) is 4. The third-order valence-corrected chi connectivity index (χ3v) is 4.07. The number of halogens is 1. The Labute approximate surface area is 130 Å². The summed E-state index contributed by atoms with van der Waals surface area (Å²) in [6.07, 6.45) is 9.80. The highest BCUT2D eigenvalue weighted by Crippen LogP contribution is 2.31. The van der Waals surface area contributed by atoms with E-state index in [9.17, 15) is 0 Å². The van der Waals surface area contributed by atoms with E-state index < -0.39 is 0 Å². The zero-order chi connectivity index (χ0) is 14.5. The Morgan fingerprint density at radius 3 is 2.81 bits per heavy atom. The van der Waals surface area contributed by atoms with Gasteiger partial charge in [-0.05, 0) is 24.5 Å². The zero-order valence-electron chi connectivity index (χ0n) is 11.9. The molecule has 2 aromatic rings. The summed E-state index contributed by atoms with van der Waals surface area (Å²) in [4.78, 5) is 13.2. The zero-order valence-corrected chi connectivity index (χ0v) is 12.7. The van der Waals surface area contributed by atoms with Crippen molar-refractivity contribution in [2.45, 2.75) is 44.6 Å². The Bertz CT molecular complexity index is 582. The molecule has 1 aliphatic rings. The molecule has 4 nitrogen and oxygen atoms in total. The molecule has 21 heavy (non-hydrogen) atoms. The first kappa shape index (κ1) is 14.3. The van der Waals surface area contributed by atoms with E-state index in [1.807, 2.05) is 18.3 Å². The van der Waals surface area contributed by atoms with E-state index in [1.54, 1.807) is 12.3 Å². The molecule has 1 saturated carbocycles. The van der Waals surface area contributed by atoms with Crippen molar-refractivity contribution in [3.8, 4) is 0 Å². The quantitative estimate of drug-likeness (QED) is 0.861. The third kappa shape index (κ3) is 3.91. The van der Waals surface area contributed by atoms with E-state index in [1.165, 1.54) is 32.1 Å². The monoisotopic (exact) mass is 302 g/mol. The second-order valence-electron chi connectivity index (χ2n) is 5.48. The maximum absolute atomic E-state index is 6.15. The summed E-state index contributed by atoms with van der Waals surface area (Å²) in [6.45, 7) is 0.686. The lowest BCUT2D eigenvalue weighted by Gasteiger charge is -2.20. The second kappa shape index (κ2) is 6.85. The van der Waals surface area contributed by atoms with E-state index in [4.69, 9.17) is 11.6 Å². The Morgan fingerprint density at radius 2 is 2.05 bits per heavy atom. The highest BCUT2D eigenvalue weighted by molar-refractivity contribution is 6.29. The molecular weight excluding hydrogens is 284 g/mol. The van der Waals surface area contributed by atoms with Crippen LogP contribution in [0.2, 0.25) is 5.15 Å². The molecule has 0 amide bonds. The van der Waals surface area contributed by atoms with Gasteiger partial charge in [0.2, 0.25) is 0 Å². The first-order valence-corrected chi connectivity index (χ1v) is 7.86. The third-order valence-electron chi connectivity index (χ3n) is 3.88. The largest absolute Gasteiger partial charge is 0.366 e. The number of nitrogens with one attached hydrogen (secondary N) is 1. The van der Waals surface area contributed by atoms with Crippen LogP contribution in [0.4, 0.5) is 5.82 Å². The van der Waals surface area contributed by atoms with Crippen molar-refractivity contribution in [1.82, 2.24) is 15.0 Å². The van der Waals surface area contributed by atoms with E-state index in [0.29, 0.717) is 17.6 Å². The van der Waals surface area contributed by atoms with E-state index in [2.05, 4.69) is 20.3 Å². The lowest BCUT2D eigenvalue weighted by Crippen LogP contribution is -2.11. The minimum Gasteiger partial charge on any atom is -0.366 e. The van der Waals surface area contributed by atoms with Crippen molar-refractivity contribution >= 4 is 17.4 Å². The fraction of sp³-hybridized carbons (Fsp3) is 0.438. The van der Waals surface area contributed by atoms with E-state index in [-0.39, 0.29) is 0 Å². The average Bonchev–Trinajstić information content (AvgIpc) is 2.54. The maximum atomic E-state index is 6.15. The number of anilines is 1. The molecule has 0 radical (unpaired) electrons. The van der Waals surface area contributed by atoms with Crippen molar-refractivity contribution in [2.75, 3.05) is 5.32 Å². The SMILES string of the molecule is Clc1cc(NCc2cccnc2)nc(C2CCCCC2)n1. The predicted molar refractivity (Wildman–Crippen MR) is 84.4 cm³/mol. The van der Waals surface area contributed by atoms with Gasteiger partial charge in [-0.2, -0.15) is 0 Å². The Balaban J connectivity index is 1.71. The minimum atomic E-state index is 0.455. The van der Waals surface area contributed by atoms with Crippen molar-refractivity contribution in [2.24, 2.45) is 0 Å². The van der Waals surface area contributed by atoms with E-state index >= 15 is 0 Å². The highest BCUT2D eigenvalue weighted by atomic mass is 35.5. The Morgan fingerprint density at radius 1 is 1.19 bits per heavy atom. The van der Waals surface area contributed by atoms with Crippen LogP contribution in [0, 0.1) is 0 Å². The molecule has 3 rings (SSSR count). The molecule has 0 bridgehead atoms. The molecule has 1 fully saturated rings. The molecule has 0 atom stereocenters. The van der Waals surface area contributed by atoms with Gasteiger partial charge in [-0.25, -0.2) is 9.97 Å². The lowest BCUT2D eigenvalue weighted by molar-refractivity contribution is 0.429. The number of hydrogen-bond donors (Lipinski definition) is 1. The molecule has 0 saturated heterocycles. The molecule has 0 aromatic carbocycles. The number of rotatable bonds is 4. The van der Waals surface area contributed by atoms with Crippen LogP contribution in [0.1, 0.15) is 49.4 Å². The molecule has 1 N–H and O–H groups in total. The van der Waals surface area contributed by atoms with Gasteiger partial charge in [0.15, 0.2) is 0 Å². The summed E-state index contributed by atoms with van der Waals surface area (Å²) in [7, 11) is 0. The molecule has 2 aromatic heterocycles. The maximum Gasteiger partial charge on any atom is 0.135 e. The van der Waals surface area contributed by atoms with Crippen LogP contribution in [0.3, 0.4) is 0 Å². The first-order chi connectivity index (χ1) is 10.3. The first-order valence-electron chi connectivity index (χ1n) is 7.48. The Hall–Kier alpha value is -1.68. The van der Waals surface area contributed by atoms with Crippen LogP contribution in [0.25, 0.3) is 0 Å². The summed E-state index contributed by atoms with van der Waals surface area (Å²) >= 11 is 6.15. The molecule has 110 valence electrons. The van der Waals surface area contributed by atoms with E-state index in [0.717, 1.165) is 17.2 Å². The van der Waals surface area contributed by atoms with Gasteiger partial charge in [0.05, 0.1) is 0 Å². The summed E-state index contributed by atoms with van der Waals surface area (Å²) in [6, 6.07) is 5.74. The van der Waals surface area contributed by atoms with Gasteiger partial charge in [-0.1, -0.05) is 36.9 Å². The van der Waals surface area contributed by atoms with Crippen LogP contribution >= 0.6 is 11.6 Å². The van der Waals surface area contributed by atoms with Gasteiger partial charge in [0.1, 0.15) is 16.8 Å². The van der Waals surface area contributed by atoms with Crippen LogP contribution in [-0.4, -0.2) is 15.0 Å². The van der Waals surface area contributed by atoms with Gasteiger partial charge in [0.25, 0.3) is 0 Å². The molecular formula is C16H19ClN4. The lowest BCUT2D eigenvalue weighted by atomic mass is 9.89. The average molecular weight is 303 g/mol. The summed E-state index contributed by atoms with van der Waals surface area (Å²) in [5.74, 6) is 2.13. The molecule has 0 spiro atoms. The molecule has 1 aliphatic carbocycles. The van der Waals surface area contributed by atoms with Crippen LogP contribution in [0.5, 0.6) is 0 Å². The van der Waals surface area contributed by atoms with Gasteiger partial charge < -0.3 is 5.32 Å². The summed E-state index contributed by atoms with van der Waals surface area (Å²) < 4.78 is 0. The molecule has 2 heterocycles. The van der Waals surface area contributed by atoms with Crippen molar-refractivity contribution in [3.63, 3.8) is 0 Å². The van der Waals surface area contributed by atoms with Gasteiger partial charge in [-0.15, -0.1) is 0 Å². The van der Waals surface area contributed by atoms with Crippen molar-refractivity contribution in [3.05, 3.63) is 47.1 Å². The normalized spacial score (nSPS) is 15.9. The smallest absolute Gasteiger partial charge is 0.135 e. The van der Waals surface area contributed by atoms with Crippen LogP contribution in [0.15, 0.2) is 30.6 Å². The standard InChI is InChI=1S/C16H19ClN4/c17-14-9-15(19-11-12-5-4-8-18-10-12)21-16(20-14)13-6-2-1-3-7-13/h4-5,8-10,13H,1-3,6-7,11H2,(H,19,20,21). The fourth-order valence-corrected chi connectivity index (χ4v) is 2.95. The fourth-order valence-electron chi connectivity index (χ4n) is 2.76. The molecule has 0 aliphatic heterocycles. The summed E-state index contributed by atoms with van der Waals surface area (Å²) in [5.41, 5.74) is 1.12. The van der Waals surface area contributed by atoms with Crippen molar-refractivity contribution in [1.29, 1.82) is 0 Å². The van der Waals surface area contributed by atoms with Crippen molar-refractivity contribution < 1.29 is 0 Å². The molecule has 0 unspecified atom stereocenters. The van der Waals surface area contributed by atoms with Gasteiger partial charge >= 0.3 is 0 Å². The van der Waals surface area contributed by atoms with Crippen LogP contribution < -0.4 is 5.32 Å². The topological polar surface area (TPSA) is 50.7 Å². The summed E-state index contributed by atoms with van der Waals surface area (Å²) in [5, 5.41) is 3.82.